The molecule has 1 aromatic heterocycles. The van der Waals surface area contributed by atoms with Gasteiger partial charge in [0.05, 0.1) is 12.2 Å². The Labute approximate surface area is 207 Å². The smallest absolute Gasteiger partial charge is 0.411 e. The van der Waals surface area contributed by atoms with Crippen molar-refractivity contribution >= 4 is 23.5 Å². The number of ether oxygens (including phenoxy) is 1. The van der Waals surface area contributed by atoms with E-state index in [1.165, 1.54) is 23.0 Å². The third-order valence-corrected chi connectivity index (χ3v) is 6.83. The third kappa shape index (κ3) is 5.51. The summed E-state index contributed by atoms with van der Waals surface area (Å²) in [6.45, 7) is 10.3. The molecule has 0 saturated carbocycles. The van der Waals surface area contributed by atoms with Crippen LogP contribution >= 0.6 is 0 Å². The van der Waals surface area contributed by atoms with E-state index in [-0.39, 0.29) is 5.91 Å². The number of aromatic amines is 1. The number of hydrogen-bond donors (Lipinski definition) is 2. The molecule has 9 heteroatoms. The zero-order valence-corrected chi connectivity index (χ0v) is 21.2. The maximum Gasteiger partial charge on any atom is 0.419 e. The number of H-pyrrole nitrogens is 1. The lowest BCUT2D eigenvalue weighted by atomic mass is 10.0. The summed E-state index contributed by atoms with van der Waals surface area (Å²) >= 11 is 0. The summed E-state index contributed by atoms with van der Waals surface area (Å²) in [6, 6.07) is 6.08. The van der Waals surface area contributed by atoms with E-state index in [1.807, 2.05) is 6.07 Å². The van der Waals surface area contributed by atoms with Gasteiger partial charge in [-0.05, 0) is 63.0 Å². The van der Waals surface area contributed by atoms with Crippen LogP contribution in [0.5, 0.6) is 0 Å². The second kappa shape index (κ2) is 10.9. The van der Waals surface area contributed by atoms with Gasteiger partial charge in [0.2, 0.25) is 5.91 Å². The fourth-order valence-corrected chi connectivity index (χ4v) is 4.67. The molecule has 2 N–H and O–H groups in total. The van der Waals surface area contributed by atoms with Crippen LogP contribution < -0.4 is 10.2 Å². The van der Waals surface area contributed by atoms with Gasteiger partial charge in [0.1, 0.15) is 5.76 Å². The Morgan fingerprint density at radius 3 is 2.83 bits per heavy atom. The van der Waals surface area contributed by atoms with E-state index in [9.17, 15) is 9.59 Å². The molecule has 1 aliphatic carbocycles. The number of cyclic esters (lactones) is 1. The van der Waals surface area contributed by atoms with E-state index in [0.717, 1.165) is 74.6 Å². The molecule has 35 heavy (non-hydrogen) atoms. The van der Waals surface area contributed by atoms with E-state index in [1.54, 1.807) is 18.1 Å². The number of aromatic nitrogens is 2. The molecular weight excluding hydrogens is 444 g/mol. The molecule has 188 valence electrons. The van der Waals surface area contributed by atoms with Gasteiger partial charge in [-0.15, -0.1) is 0 Å². The summed E-state index contributed by atoms with van der Waals surface area (Å²) in [5.74, 6) is 1.28. The number of amides is 2. The van der Waals surface area contributed by atoms with Gasteiger partial charge in [-0.25, -0.2) is 4.79 Å². The van der Waals surface area contributed by atoms with Gasteiger partial charge in [0.25, 0.3) is 0 Å². The van der Waals surface area contributed by atoms with Crippen LogP contribution in [0.4, 0.5) is 16.3 Å². The molecule has 1 aliphatic heterocycles. The molecule has 0 radical (unpaired) electrons. The van der Waals surface area contributed by atoms with Crippen LogP contribution in [-0.2, 0) is 22.4 Å². The van der Waals surface area contributed by atoms with Gasteiger partial charge >= 0.3 is 6.09 Å². The number of carbonyl (C=O) groups excluding carboxylic acids is 2. The molecule has 0 atom stereocenters. The topological polar surface area (TPSA) is 93.8 Å². The highest BCUT2D eigenvalue weighted by Gasteiger charge is 2.30. The number of fused-ring (bicyclic) bond motifs is 3. The molecule has 2 aliphatic rings. The highest BCUT2D eigenvalue weighted by molar-refractivity contribution is 5.92. The van der Waals surface area contributed by atoms with Crippen molar-refractivity contribution in [3.63, 3.8) is 0 Å². The zero-order valence-electron chi connectivity index (χ0n) is 21.2. The summed E-state index contributed by atoms with van der Waals surface area (Å²) < 4.78 is 5.38. The zero-order chi connectivity index (χ0) is 24.9. The first-order chi connectivity index (χ1) is 16.9. The fraction of sp³-hybridized carbons (Fsp3) is 0.500. The molecular formula is C26H36N6O3. The molecule has 0 spiro atoms. The Hall–Kier alpha value is -3.33. The first kappa shape index (κ1) is 24.8. The number of nitrogens with one attached hydrogen (secondary N) is 2. The number of rotatable bonds is 9. The van der Waals surface area contributed by atoms with E-state index in [4.69, 9.17) is 4.74 Å². The first-order valence-corrected chi connectivity index (χ1v) is 12.5. The Morgan fingerprint density at radius 2 is 2.09 bits per heavy atom. The van der Waals surface area contributed by atoms with E-state index < -0.39 is 6.09 Å². The van der Waals surface area contributed by atoms with Crippen LogP contribution in [0.25, 0.3) is 11.3 Å². The van der Waals surface area contributed by atoms with E-state index in [0.29, 0.717) is 12.3 Å². The first-order valence-electron chi connectivity index (χ1n) is 12.5. The van der Waals surface area contributed by atoms with Crippen molar-refractivity contribution in [3.8, 4) is 11.3 Å². The van der Waals surface area contributed by atoms with Gasteiger partial charge in [0, 0.05) is 43.5 Å². The van der Waals surface area contributed by atoms with Crippen molar-refractivity contribution in [2.45, 2.75) is 46.5 Å². The molecule has 9 nitrogen and oxygen atoms in total. The van der Waals surface area contributed by atoms with E-state index in [2.05, 4.69) is 46.4 Å². The Kier molecular flexibility index (Phi) is 7.75. The maximum absolute atomic E-state index is 12.5. The average molecular weight is 481 g/mol. The number of nitrogens with zero attached hydrogens (tertiary/aromatic N) is 4. The van der Waals surface area contributed by atoms with Crippen LogP contribution in [0.1, 0.15) is 44.7 Å². The van der Waals surface area contributed by atoms with Crippen LogP contribution in [0, 0.1) is 0 Å². The lowest BCUT2D eigenvalue weighted by Gasteiger charge is -2.17. The molecule has 2 amide bonds. The van der Waals surface area contributed by atoms with Crippen molar-refractivity contribution < 1.29 is 14.3 Å². The molecule has 4 rings (SSSR count). The van der Waals surface area contributed by atoms with Gasteiger partial charge in [-0.3, -0.25) is 14.8 Å². The highest BCUT2D eigenvalue weighted by atomic mass is 16.6. The summed E-state index contributed by atoms with van der Waals surface area (Å²) in [5.41, 5.74) is 5.40. The number of aryl methyl sites for hydroxylation is 1. The van der Waals surface area contributed by atoms with E-state index >= 15 is 0 Å². The molecule has 1 aromatic carbocycles. The fourth-order valence-electron chi connectivity index (χ4n) is 4.67. The summed E-state index contributed by atoms with van der Waals surface area (Å²) in [4.78, 5) is 29.5. The normalized spacial score (nSPS) is 16.2. The van der Waals surface area contributed by atoms with Crippen LogP contribution in [0.2, 0.25) is 0 Å². The second-order valence-corrected chi connectivity index (χ2v) is 9.11. The Morgan fingerprint density at radius 1 is 1.29 bits per heavy atom. The third-order valence-electron chi connectivity index (χ3n) is 6.83. The highest BCUT2D eigenvalue weighted by Crippen LogP contribution is 2.37. The van der Waals surface area contributed by atoms with Crippen LogP contribution in [0.3, 0.4) is 0 Å². The monoisotopic (exact) mass is 480 g/mol. The summed E-state index contributed by atoms with van der Waals surface area (Å²) in [7, 11) is 1.64. The van der Waals surface area contributed by atoms with Crippen LogP contribution in [0.15, 0.2) is 30.2 Å². The second-order valence-electron chi connectivity index (χ2n) is 9.11. The van der Waals surface area contributed by atoms with Gasteiger partial charge in [-0.1, -0.05) is 19.9 Å². The largest absolute Gasteiger partial charge is 0.419 e. The standard InChI is InChI=1S/C26H36N6O3/c1-5-31(6-2)14-8-13-27-25-23-10-7-9-19-15-20(11-12-22(19)24(23)28-29-25)32-17-21(35-26(32)34)16-30(4)18(3)33/h11-12,15-16H,5-10,13-14,17H2,1-4H3,(H2,27,28,29)/b21-16-. The maximum atomic E-state index is 12.5. The minimum atomic E-state index is -0.430. The summed E-state index contributed by atoms with van der Waals surface area (Å²) in [5, 5.41) is 11.4. The molecule has 0 bridgehead atoms. The van der Waals surface area contributed by atoms with Crippen molar-refractivity contribution in [1.82, 2.24) is 20.0 Å². The van der Waals surface area contributed by atoms with Crippen molar-refractivity contribution in [3.05, 3.63) is 41.3 Å². The molecule has 1 fully saturated rings. The lowest BCUT2D eigenvalue weighted by molar-refractivity contribution is -0.125. The SMILES string of the molecule is CCN(CC)CCCNc1n[nH]c2c1CCCc1cc(N3C/C(=C/N(C)C(C)=O)OC3=O)ccc1-2. The minimum absolute atomic E-state index is 0.120. The predicted molar refractivity (Wildman–Crippen MR) is 137 cm³/mol. The molecule has 0 unspecified atom stereocenters. The Balaban J connectivity index is 1.48. The minimum Gasteiger partial charge on any atom is -0.411 e. The predicted octanol–water partition coefficient (Wildman–Crippen LogP) is 3.99. The Bertz CT molecular complexity index is 1100. The number of anilines is 2. The number of hydrogen-bond acceptors (Lipinski definition) is 6. The average Bonchev–Trinajstić information content (AvgIpc) is 3.36. The van der Waals surface area contributed by atoms with Gasteiger partial charge < -0.3 is 19.9 Å². The number of carbonyl (C=O) groups is 2. The molecule has 2 aromatic rings. The van der Waals surface area contributed by atoms with Gasteiger partial charge in [0.15, 0.2) is 5.82 Å². The van der Waals surface area contributed by atoms with Crippen molar-refractivity contribution in [2.24, 2.45) is 0 Å². The van der Waals surface area contributed by atoms with Crippen molar-refractivity contribution in [1.29, 1.82) is 0 Å². The lowest BCUT2D eigenvalue weighted by Crippen LogP contribution is -2.25. The number of benzene rings is 1. The molecule has 2 heterocycles. The van der Waals surface area contributed by atoms with Crippen molar-refractivity contribution in [2.75, 3.05) is 50.0 Å². The molecule has 1 saturated heterocycles. The van der Waals surface area contributed by atoms with Crippen LogP contribution in [-0.4, -0.2) is 71.8 Å². The quantitative estimate of drug-likeness (QED) is 0.527. The van der Waals surface area contributed by atoms with Gasteiger partial charge in [-0.2, -0.15) is 5.10 Å². The summed E-state index contributed by atoms with van der Waals surface area (Å²) in [6.07, 6.45) is 5.09.